The van der Waals surface area contributed by atoms with E-state index >= 15 is 0 Å². The number of benzene rings is 2. The number of halogens is 2. The van der Waals surface area contributed by atoms with Crippen LogP contribution in [-0.4, -0.2) is 20.9 Å². The Kier molecular flexibility index (Phi) is 6.02. The Labute approximate surface area is 183 Å². The molecule has 162 valence electrons. The third kappa shape index (κ3) is 4.85. The van der Waals surface area contributed by atoms with Crippen molar-refractivity contribution in [1.29, 1.82) is 0 Å². The fourth-order valence-corrected chi connectivity index (χ4v) is 3.17. The van der Waals surface area contributed by atoms with Crippen LogP contribution in [0.3, 0.4) is 0 Å². The Hall–Kier alpha value is -3.94. The maximum absolute atomic E-state index is 14.6. The van der Waals surface area contributed by atoms with Gasteiger partial charge in [-0.25, -0.2) is 23.7 Å². The molecule has 0 aliphatic rings. The third-order valence-electron chi connectivity index (χ3n) is 4.87. The lowest BCUT2D eigenvalue weighted by molar-refractivity contribution is -0.115. The highest BCUT2D eigenvalue weighted by Gasteiger charge is 2.13. The van der Waals surface area contributed by atoms with Crippen molar-refractivity contribution in [2.45, 2.75) is 26.2 Å². The predicted octanol–water partition coefficient (Wildman–Crippen LogP) is 5.40. The lowest BCUT2D eigenvalue weighted by Crippen LogP contribution is -2.16. The van der Waals surface area contributed by atoms with E-state index < -0.39 is 11.6 Å². The van der Waals surface area contributed by atoms with E-state index in [4.69, 9.17) is 4.74 Å². The van der Waals surface area contributed by atoms with Crippen molar-refractivity contribution in [1.82, 2.24) is 15.0 Å². The molecule has 1 amide bonds. The lowest BCUT2D eigenvalue weighted by atomic mass is 10.1. The number of amides is 1. The first kappa shape index (κ1) is 21.3. The van der Waals surface area contributed by atoms with Crippen LogP contribution in [0.15, 0.2) is 61.1 Å². The van der Waals surface area contributed by atoms with E-state index in [1.54, 1.807) is 12.3 Å². The summed E-state index contributed by atoms with van der Waals surface area (Å²) in [6.45, 7) is 4.08. The summed E-state index contributed by atoms with van der Waals surface area (Å²) in [5, 5.41) is 3.06. The van der Waals surface area contributed by atoms with E-state index in [9.17, 15) is 13.6 Å². The van der Waals surface area contributed by atoms with Gasteiger partial charge in [-0.15, -0.1) is 0 Å². The first-order valence-electron chi connectivity index (χ1n) is 10.0. The van der Waals surface area contributed by atoms with Gasteiger partial charge < -0.3 is 10.1 Å². The molecule has 2 aromatic carbocycles. The van der Waals surface area contributed by atoms with Crippen molar-refractivity contribution in [3.8, 4) is 11.6 Å². The van der Waals surface area contributed by atoms with Gasteiger partial charge in [0.1, 0.15) is 29.5 Å². The first-order valence-corrected chi connectivity index (χ1v) is 10.0. The summed E-state index contributed by atoms with van der Waals surface area (Å²) in [6.07, 6.45) is 2.74. The molecule has 6 nitrogen and oxygen atoms in total. The molecule has 0 bridgehead atoms. The third-order valence-corrected chi connectivity index (χ3v) is 4.87. The van der Waals surface area contributed by atoms with Crippen LogP contribution in [0.4, 0.5) is 14.6 Å². The molecule has 2 aromatic heterocycles. The van der Waals surface area contributed by atoms with Gasteiger partial charge in [0.25, 0.3) is 0 Å². The second-order valence-corrected chi connectivity index (χ2v) is 7.55. The minimum absolute atomic E-state index is 0.107. The summed E-state index contributed by atoms with van der Waals surface area (Å²) in [6, 6.07) is 11.9. The zero-order valence-corrected chi connectivity index (χ0v) is 17.5. The molecule has 2 heterocycles. The van der Waals surface area contributed by atoms with Crippen molar-refractivity contribution in [3.63, 3.8) is 0 Å². The molecule has 4 rings (SSSR count). The van der Waals surface area contributed by atoms with Crippen LogP contribution >= 0.6 is 0 Å². The zero-order chi connectivity index (χ0) is 22.7. The smallest absolute Gasteiger partial charge is 0.230 e. The number of aromatic nitrogens is 3. The second-order valence-electron chi connectivity index (χ2n) is 7.55. The predicted molar refractivity (Wildman–Crippen MR) is 117 cm³/mol. The maximum Gasteiger partial charge on any atom is 0.230 e. The van der Waals surface area contributed by atoms with Gasteiger partial charge in [-0.3, -0.25) is 4.79 Å². The van der Waals surface area contributed by atoms with Crippen molar-refractivity contribution >= 4 is 22.6 Å². The number of hydrogen-bond donors (Lipinski definition) is 1. The summed E-state index contributed by atoms with van der Waals surface area (Å²) in [7, 11) is 0. The second kappa shape index (κ2) is 9.05. The lowest BCUT2D eigenvalue weighted by Gasteiger charge is -2.10. The van der Waals surface area contributed by atoms with E-state index in [0.717, 1.165) is 11.6 Å². The number of rotatable bonds is 6. The number of anilines is 1. The number of carbonyl (C=O) groups excluding carboxylic acids is 1. The van der Waals surface area contributed by atoms with Gasteiger partial charge in [-0.2, -0.15) is 0 Å². The molecule has 0 fully saturated rings. The fourth-order valence-electron chi connectivity index (χ4n) is 3.17. The zero-order valence-electron chi connectivity index (χ0n) is 17.5. The Balaban J connectivity index is 1.47. The molecule has 0 aliphatic carbocycles. The Morgan fingerprint density at radius 1 is 1.03 bits per heavy atom. The van der Waals surface area contributed by atoms with Crippen LogP contribution in [0, 0.1) is 11.6 Å². The molecule has 32 heavy (non-hydrogen) atoms. The molecule has 0 atom stereocenters. The molecule has 0 saturated heterocycles. The highest BCUT2D eigenvalue weighted by atomic mass is 19.1. The van der Waals surface area contributed by atoms with E-state index in [2.05, 4.69) is 20.3 Å². The van der Waals surface area contributed by atoms with E-state index in [1.807, 2.05) is 19.9 Å². The Morgan fingerprint density at radius 2 is 1.88 bits per heavy atom. The quantitative estimate of drug-likeness (QED) is 0.440. The van der Waals surface area contributed by atoms with E-state index in [1.165, 1.54) is 36.7 Å². The molecule has 0 unspecified atom stereocenters. The molecule has 8 heteroatoms. The number of nitrogens with zero attached hydrogens (tertiary/aromatic N) is 3. The Morgan fingerprint density at radius 3 is 2.66 bits per heavy atom. The van der Waals surface area contributed by atoms with Crippen molar-refractivity contribution in [2.75, 3.05) is 5.32 Å². The maximum atomic E-state index is 14.6. The van der Waals surface area contributed by atoms with Gasteiger partial charge in [0.15, 0.2) is 0 Å². The van der Waals surface area contributed by atoms with Crippen LogP contribution in [0.2, 0.25) is 0 Å². The minimum Gasteiger partial charge on any atom is -0.438 e. The standard InChI is InChI=1S/C24H20F2N4O2/c1-14(2)15-7-8-27-22(9-15)30-23(31)10-16-3-5-18(12-20(16)26)32-24-19-11-17(25)4-6-21(19)28-13-29-24/h3-9,11-14H,10H2,1-2H3,(H,27,30,31). The molecule has 1 N–H and O–H groups in total. The van der Waals surface area contributed by atoms with Crippen LogP contribution in [0.25, 0.3) is 10.9 Å². The molecule has 4 aromatic rings. The first-order chi connectivity index (χ1) is 15.4. The fraction of sp³-hybridized carbons (Fsp3) is 0.167. The summed E-state index contributed by atoms with van der Waals surface area (Å²) < 4.78 is 33.9. The SMILES string of the molecule is CC(C)c1ccnc(NC(=O)Cc2ccc(Oc3ncnc4ccc(F)cc34)cc2F)c1. The average molecular weight is 434 g/mol. The van der Waals surface area contributed by atoms with Crippen LogP contribution in [-0.2, 0) is 11.2 Å². The Bertz CT molecular complexity index is 1290. The largest absolute Gasteiger partial charge is 0.438 e. The van der Waals surface area contributed by atoms with Crippen molar-refractivity contribution < 1.29 is 18.3 Å². The number of fused-ring (bicyclic) bond motifs is 1. The van der Waals surface area contributed by atoms with Gasteiger partial charge in [0, 0.05) is 12.3 Å². The van der Waals surface area contributed by atoms with Crippen LogP contribution in [0.5, 0.6) is 11.6 Å². The number of nitrogens with one attached hydrogen (secondary N) is 1. The summed E-state index contributed by atoms with van der Waals surface area (Å²) in [5.41, 5.74) is 1.74. The number of carbonyl (C=O) groups is 1. The van der Waals surface area contributed by atoms with E-state index in [-0.39, 0.29) is 29.5 Å². The molecule has 0 aliphatic heterocycles. The molecule has 0 radical (unpaired) electrons. The summed E-state index contributed by atoms with van der Waals surface area (Å²) >= 11 is 0. The molecule has 0 saturated carbocycles. The number of ether oxygens (including phenoxy) is 1. The van der Waals surface area contributed by atoms with Gasteiger partial charge in [0.05, 0.1) is 17.3 Å². The van der Waals surface area contributed by atoms with Crippen molar-refractivity contribution in [2.24, 2.45) is 0 Å². The van der Waals surface area contributed by atoms with Crippen LogP contribution in [0.1, 0.15) is 30.9 Å². The van der Waals surface area contributed by atoms with E-state index in [0.29, 0.717) is 22.6 Å². The molecular weight excluding hydrogens is 414 g/mol. The normalized spacial score (nSPS) is 11.0. The molecular formula is C24H20F2N4O2. The highest BCUT2D eigenvalue weighted by molar-refractivity contribution is 5.91. The minimum atomic E-state index is -0.605. The number of hydrogen-bond acceptors (Lipinski definition) is 5. The van der Waals surface area contributed by atoms with Crippen LogP contribution < -0.4 is 10.1 Å². The topological polar surface area (TPSA) is 77.0 Å². The van der Waals surface area contributed by atoms with Crippen molar-refractivity contribution in [3.05, 3.63) is 83.8 Å². The molecule has 0 spiro atoms. The van der Waals surface area contributed by atoms with Gasteiger partial charge >= 0.3 is 0 Å². The van der Waals surface area contributed by atoms with Gasteiger partial charge in [0.2, 0.25) is 11.8 Å². The van der Waals surface area contributed by atoms with Gasteiger partial charge in [-0.1, -0.05) is 19.9 Å². The monoisotopic (exact) mass is 434 g/mol. The number of pyridine rings is 1. The summed E-state index contributed by atoms with van der Waals surface area (Å²) in [5.74, 6) is -0.461. The average Bonchev–Trinajstić information content (AvgIpc) is 2.76. The highest BCUT2D eigenvalue weighted by Crippen LogP contribution is 2.28. The van der Waals surface area contributed by atoms with Gasteiger partial charge in [-0.05, 0) is 53.4 Å². The summed E-state index contributed by atoms with van der Waals surface area (Å²) in [4.78, 5) is 24.6.